The van der Waals surface area contributed by atoms with Gasteiger partial charge in [-0.25, -0.2) is 0 Å². The van der Waals surface area contributed by atoms with Crippen LogP contribution in [0.5, 0.6) is 0 Å². The molecule has 0 aromatic heterocycles. The third kappa shape index (κ3) is 2.87. The standard InChI is InChI=1S/C12H17NO/c1-9(2)12(14)13-10(3)11-7-5-4-6-8-11/h4-10H,1-3H3,(H,13,14). The van der Waals surface area contributed by atoms with Gasteiger partial charge in [0.15, 0.2) is 0 Å². The van der Waals surface area contributed by atoms with E-state index in [0.29, 0.717) is 0 Å². The van der Waals surface area contributed by atoms with Crippen molar-refractivity contribution < 1.29 is 4.79 Å². The first-order valence-electron chi connectivity index (χ1n) is 4.96. The van der Waals surface area contributed by atoms with E-state index < -0.39 is 0 Å². The molecule has 0 bridgehead atoms. The number of carbonyl (C=O) groups is 1. The number of amides is 1. The number of benzene rings is 1. The molecule has 0 aliphatic rings. The van der Waals surface area contributed by atoms with Crippen molar-refractivity contribution in [2.45, 2.75) is 26.8 Å². The van der Waals surface area contributed by atoms with Crippen LogP contribution in [0.1, 0.15) is 32.4 Å². The second-order valence-corrected chi connectivity index (χ2v) is 3.80. The van der Waals surface area contributed by atoms with Crippen LogP contribution in [0.4, 0.5) is 0 Å². The molecule has 0 aliphatic heterocycles. The molecule has 2 heteroatoms. The maximum atomic E-state index is 11.4. The highest BCUT2D eigenvalue weighted by atomic mass is 16.1. The van der Waals surface area contributed by atoms with Crippen molar-refractivity contribution in [2.75, 3.05) is 0 Å². The van der Waals surface area contributed by atoms with E-state index in [1.807, 2.05) is 51.1 Å². The van der Waals surface area contributed by atoms with E-state index in [-0.39, 0.29) is 17.9 Å². The fourth-order valence-electron chi connectivity index (χ4n) is 1.21. The van der Waals surface area contributed by atoms with E-state index in [0.717, 1.165) is 5.56 Å². The van der Waals surface area contributed by atoms with Crippen LogP contribution < -0.4 is 5.32 Å². The van der Waals surface area contributed by atoms with E-state index in [1.165, 1.54) is 0 Å². The van der Waals surface area contributed by atoms with Crippen molar-refractivity contribution in [3.63, 3.8) is 0 Å². The molecule has 0 heterocycles. The third-order valence-corrected chi connectivity index (χ3v) is 2.18. The summed E-state index contributed by atoms with van der Waals surface area (Å²) in [5.41, 5.74) is 1.14. The highest BCUT2D eigenvalue weighted by Gasteiger charge is 2.11. The molecule has 0 radical (unpaired) electrons. The molecular weight excluding hydrogens is 174 g/mol. The van der Waals surface area contributed by atoms with Gasteiger partial charge in [-0.05, 0) is 12.5 Å². The zero-order valence-electron chi connectivity index (χ0n) is 8.95. The maximum absolute atomic E-state index is 11.4. The van der Waals surface area contributed by atoms with Crippen LogP contribution in [0, 0.1) is 5.92 Å². The van der Waals surface area contributed by atoms with E-state index >= 15 is 0 Å². The van der Waals surface area contributed by atoms with Gasteiger partial charge in [-0.1, -0.05) is 44.2 Å². The Hall–Kier alpha value is -1.31. The predicted molar refractivity (Wildman–Crippen MR) is 57.8 cm³/mol. The molecular formula is C12H17NO. The number of nitrogens with one attached hydrogen (secondary N) is 1. The lowest BCUT2D eigenvalue weighted by molar-refractivity contribution is -0.124. The molecule has 1 atom stereocenters. The van der Waals surface area contributed by atoms with Crippen LogP contribution >= 0.6 is 0 Å². The highest BCUT2D eigenvalue weighted by Crippen LogP contribution is 2.11. The Morgan fingerprint density at radius 3 is 2.21 bits per heavy atom. The Kier molecular flexibility index (Phi) is 3.69. The second kappa shape index (κ2) is 4.80. The summed E-state index contributed by atoms with van der Waals surface area (Å²) in [6.07, 6.45) is 0. The lowest BCUT2D eigenvalue weighted by Gasteiger charge is -2.15. The zero-order chi connectivity index (χ0) is 10.6. The molecule has 0 aliphatic carbocycles. The minimum Gasteiger partial charge on any atom is -0.349 e. The Balaban J connectivity index is 2.59. The highest BCUT2D eigenvalue weighted by molar-refractivity contribution is 5.78. The van der Waals surface area contributed by atoms with Gasteiger partial charge in [-0.2, -0.15) is 0 Å². The number of rotatable bonds is 3. The van der Waals surface area contributed by atoms with Crippen LogP contribution in [0.15, 0.2) is 30.3 Å². The van der Waals surface area contributed by atoms with Crippen molar-refractivity contribution in [1.29, 1.82) is 0 Å². The molecule has 1 unspecified atom stereocenters. The van der Waals surface area contributed by atoms with Gasteiger partial charge in [-0.3, -0.25) is 4.79 Å². The van der Waals surface area contributed by atoms with E-state index in [4.69, 9.17) is 0 Å². The summed E-state index contributed by atoms with van der Waals surface area (Å²) in [6.45, 7) is 5.79. The molecule has 1 amide bonds. The SMILES string of the molecule is CC(C)C(=O)NC(C)c1ccccc1. The van der Waals surface area contributed by atoms with Crippen LogP contribution in [-0.4, -0.2) is 5.91 Å². The topological polar surface area (TPSA) is 29.1 Å². The summed E-state index contributed by atoms with van der Waals surface area (Å²) in [5.74, 6) is 0.141. The van der Waals surface area contributed by atoms with Crippen LogP contribution in [-0.2, 0) is 4.79 Å². The molecule has 2 nitrogen and oxygen atoms in total. The molecule has 0 spiro atoms. The minimum absolute atomic E-state index is 0.0427. The summed E-state index contributed by atoms with van der Waals surface area (Å²) >= 11 is 0. The number of hydrogen-bond donors (Lipinski definition) is 1. The largest absolute Gasteiger partial charge is 0.349 e. The van der Waals surface area contributed by atoms with Gasteiger partial charge in [0.2, 0.25) is 5.91 Å². The molecule has 1 aromatic rings. The molecule has 0 fully saturated rings. The van der Waals surface area contributed by atoms with Crippen LogP contribution in [0.2, 0.25) is 0 Å². The first kappa shape index (κ1) is 10.8. The Labute approximate surface area is 85.3 Å². The molecule has 0 saturated carbocycles. The molecule has 0 saturated heterocycles. The summed E-state index contributed by atoms with van der Waals surface area (Å²) in [5, 5.41) is 2.96. The molecule has 14 heavy (non-hydrogen) atoms. The van der Waals surface area contributed by atoms with Gasteiger partial charge >= 0.3 is 0 Å². The zero-order valence-corrected chi connectivity index (χ0v) is 8.95. The summed E-state index contributed by atoms with van der Waals surface area (Å²) in [4.78, 5) is 11.4. The summed E-state index contributed by atoms with van der Waals surface area (Å²) < 4.78 is 0. The van der Waals surface area contributed by atoms with Crippen molar-refractivity contribution in [3.8, 4) is 0 Å². The third-order valence-electron chi connectivity index (χ3n) is 2.18. The number of carbonyl (C=O) groups excluding carboxylic acids is 1. The lowest BCUT2D eigenvalue weighted by atomic mass is 10.1. The van der Waals surface area contributed by atoms with E-state index in [9.17, 15) is 4.79 Å². The average Bonchev–Trinajstić information content (AvgIpc) is 2.19. The molecule has 1 N–H and O–H groups in total. The summed E-state index contributed by atoms with van der Waals surface area (Å²) in [7, 11) is 0. The van der Waals surface area contributed by atoms with E-state index in [2.05, 4.69) is 5.32 Å². The molecule has 1 aromatic carbocycles. The first-order valence-corrected chi connectivity index (χ1v) is 4.96. The monoisotopic (exact) mass is 191 g/mol. The Bertz CT molecular complexity index is 292. The second-order valence-electron chi connectivity index (χ2n) is 3.80. The quantitative estimate of drug-likeness (QED) is 0.781. The van der Waals surface area contributed by atoms with Crippen molar-refractivity contribution in [3.05, 3.63) is 35.9 Å². The molecule has 1 rings (SSSR count). The van der Waals surface area contributed by atoms with Crippen LogP contribution in [0.25, 0.3) is 0 Å². The van der Waals surface area contributed by atoms with Gasteiger partial charge in [0, 0.05) is 5.92 Å². The Morgan fingerprint density at radius 1 is 1.14 bits per heavy atom. The van der Waals surface area contributed by atoms with Crippen molar-refractivity contribution >= 4 is 5.91 Å². The predicted octanol–water partition coefficient (Wildman–Crippen LogP) is 2.52. The maximum Gasteiger partial charge on any atom is 0.223 e. The minimum atomic E-state index is 0.0427. The van der Waals surface area contributed by atoms with Crippen molar-refractivity contribution in [1.82, 2.24) is 5.32 Å². The lowest BCUT2D eigenvalue weighted by Crippen LogP contribution is -2.30. The van der Waals surface area contributed by atoms with E-state index in [1.54, 1.807) is 0 Å². The van der Waals surface area contributed by atoms with Crippen molar-refractivity contribution in [2.24, 2.45) is 5.92 Å². The molecule has 76 valence electrons. The van der Waals surface area contributed by atoms with Gasteiger partial charge in [0.1, 0.15) is 0 Å². The summed E-state index contributed by atoms with van der Waals surface area (Å²) in [6, 6.07) is 10.1. The smallest absolute Gasteiger partial charge is 0.223 e. The average molecular weight is 191 g/mol. The first-order chi connectivity index (χ1) is 6.61. The number of hydrogen-bond acceptors (Lipinski definition) is 1. The van der Waals surface area contributed by atoms with Crippen LogP contribution in [0.3, 0.4) is 0 Å². The van der Waals surface area contributed by atoms with Gasteiger partial charge in [0.25, 0.3) is 0 Å². The normalized spacial score (nSPS) is 12.6. The van der Waals surface area contributed by atoms with Gasteiger partial charge < -0.3 is 5.32 Å². The fraction of sp³-hybridized carbons (Fsp3) is 0.417. The Morgan fingerprint density at radius 2 is 1.71 bits per heavy atom. The van der Waals surface area contributed by atoms with Gasteiger partial charge in [-0.15, -0.1) is 0 Å². The fourth-order valence-corrected chi connectivity index (χ4v) is 1.21. The van der Waals surface area contributed by atoms with Gasteiger partial charge in [0.05, 0.1) is 6.04 Å².